The molecule has 2 N–H and O–H groups in total. The SMILES string of the molecule is CN(CC=CC(=O)N1CCCC(n2nc(-c3ccc(Oc4ccccc4)cc3)c3c(N)ncnc32)C1)c1ccccn1. The summed E-state index contributed by atoms with van der Waals surface area (Å²) in [5.74, 6) is 2.69. The Morgan fingerprint density at radius 3 is 2.60 bits per heavy atom. The topological polar surface area (TPSA) is 115 Å². The van der Waals surface area contributed by atoms with Crippen molar-refractivity contribution in [1.82, 2.24) is 29.6 Å². The molecule has 0 radical (unpaired) electrons. The van der Waals surface area contributed by atoms with Crippen molar-refractivity contribution in [2.24, 2.45) is 0 Å². The molecule has 1 aliphatic rings. The molecule has 0 aliphatic carbocycles. The lowest BCUT2D eigenvalue weighted by Crippen LogP contribution is -2.40. The number of rotatable bonds is 8. The predicted molar refractivity (Wildman–Crippen MR) is 163 cm³/mol. The number of benzene rings is 2. The third-order valence-corrected chi connectivity index (χ3v) is 7.36. The fraction of sp³-hybridized carbons (Fsp3) is 0.219. The highest BCUT2D eigenvalue weighted by atomic mass is 16.5. The smallest absolute Gasteiger partial charge is 0.246 e. The second kappa shape index (κ2) is 12.1. The molecule has 10 nitrogen and oxygen atoms in total. The van der Waals surface area contributed by atoms with Crippen LogP contribution in [0.15, 0.2) is 97.5 Å². The first-order valence-electron chi connectivity index (χ1n) is 14.0. The van der Waals surface area contributed by atoms with Crippen LogP contribution < -0.4 is 15.4 Å². The van der Waals surface area contributed by atoms with Crippen LogP contribution in [0.4, 0.5) is 11.6 Å². The predicted octanol–water partition coefficient (Wildman–Crippen LogP) is 5.12. The van der Waals surface area contributed by atoms with E-state index < -0.39 is 0 Å². The van der Waals surface area contributed by atoms with E-state index in [2.05, 4.69) is 15.0 Å². The van der Waals surface area contributed by atoms with Gasteiger partial charge < -0.3 is 20.3 Å². The molecule has 1 saturated heterocycles. The molecule has 3 aromatic heterocycles. The van der Waals surface area contributed by atoms with Crippen molar-refractivity contribution in [2.75, 3.05) is 37.3 Å². The van der Waals surface area contributed by atoms with Crippen molar-refractivity contribution in [1.29, 1.82) is 0 Å². The number of amides is 1. The molecular weight excluding hydrogens is 528 g/mol. The molecule has 212 valence electrons. The molecule has 0 saturated carbocycles. The van der Waals surface area contributed by atoms with Crippen LogP contribution >= 0.6 is 0 Å². The lowest BCUT2D eigenvalue weighted by Gasteiger charge is -2.32. The second-order valence-electron chi connectivity index (χ2n) is 10.2. The Balaban J connectivity index is 1.20. The third kappa shape index (κ3) is 5.78. The van der Waals surface area contributed by atoms with E-state index in [1.54, 1.807) is 12.3 Å². The molecule has 0 bridgehead atoms. The second-order valence-corrected chi connectivity index (χ2v) is 10.2. The number of para-hydroxylation sites is 1. The average molecular weight is 561 g/mol. The van der Waals surface area contributed by atoms with Crippen molar-refractivity contribution in [3.63, 3.8) is 0 Å². The summed E-state index contributed by atoms with van der Waals surface area (Å²) < 4.78 is 7.87. The monoisotopic (exact) mass is 560 g/mol. The van der Waals surface area contributed by atoms with Crippen molar-refractivity contribution >= 4 is 28.6 Å². The number of fused-ring (bicyclic) bond motifs is 1. The zero-order valence-electron chi connectivity index (χ0n) is 23.4. The average Bonchev–Trinajstić information content (AvgIpc) is 3.43. The number of nitrogens with zero attached hydrogens (tertiary/aromatic N) is 7. The first-order chi connectivity index (χ1) is 20.6. The standard InChI is InChI=1S/C32H32N8O2/c1-38(27-12-5-6-18-34-27)19-8-13-28(41)39-20-7-9-24(21-39)40-32-29(31(33)35-22-36-32)30(37-40)23-14-16-26(17-15-23)42-25-10-3-2-4-11-25/h2-6,8,10-18,22,24H,7,9,19-21H2,1H3,(H2,33,35,36). The lowest BCUT2D eigenvalue weighted by molar-refractivity contribution is -0.127. The first-order valence-corrected chi connectivity index (χ1v) is 14.0. The summed E-state index contributed by atoms with van der Waals surface area (Å²) in [5.41, 5.74) is 8.60. The minimum absolute atomic E-state index is 0.0195. The quantitative estimate of drug-likeness (QED) is 0.260. The zero-order chi connectivity index (χ0) is 28.9. The number of anilines is 2. The number of piperidine rings is 1. The van der Waals surface area contributed by atoms with Crippen LogP contribution in [0.5, 0.6) is 11.5 Å². The summed E-state index contributed by atoms with van der Waals surface area (Å²) in [5, 5.41) is 5.70. The molecular formula is C32H32N8O2. The van der Waals surface area contributed by atoms with E-state index in [4.69, 9.17) is 15.6 Å². The van der Waals surface area contributed by atoms with Gasteiger partial charge in [-0.2, -0.15) is 5.10 Å². The van der Waals surface area contributed by atoms with E-state index in [-0.39, 0.29) is 11.9 Å². The summed E-state index contributed by atoms with van der Waals surface area (Å²) in [7, 11) is 1.95. The Kier molecular flexibility index (Phi) is 7.76. The van der Waals surface area contributed by atoms with Gasteiger partial charge in [0, 0.05) is 44.5 Å². The number of carbonyl (C=O) groups excluding carboxylic acids is 1. The molecule has 10 heteroatoms. The van der Waals surface area contributed by atoms with Gasteiger partial charge in [0.15, 0.2) is 5.65 Å². The van der Waals surface area contributed by atoms with E-state index in [0.717, 1.165) is 35.7 Å². The zero-order valence-corrected chi connectivity index (χ0v) is 23.4. The van der Waals surface area contributed by atoms with Gasteiger partial charge in [0.05, 0.1) is 11.4 Å². The summed E-state index contributed by atoms with van der Waals surface area (Å²) in [6.45, 7) is 1.81. The van der Waals surface area contributed by atoms with Crippen molar-refractivity contribution < 1.29 is 9.53 Å². The number of aromatic nitrogens is 5. The Bertz CT molecular complexity index is 1690. The number of likely N-dealkylation sites (tertiary alicyclic amines) is 1. The van der Waals surface area contributed by atoms with Crippen LogP contribution in [0.2, 0.25) is 0 Å². The van der Waals surface area contributed by atoms with E-state index in [1.165, 1.54) is 6.33 Å². The Labute approximate surface area is 244 Å². The summed E-state index contributed by atoms with van der Waals surface area (Å²) in [4.78, 5) is 30.1. The molecule has 42 heavy (non-hydrogen) atoms. The van der Waals surface area contributed by atoms with Gasteiger partial charge in [0.2, 0.25) is 5.91 Å². The Morgan fingerprint density at radius 1 is 1.02 bits per heavy atom. The van der Waals surface area contributed by atoms with Crippen LogP contribution in [0.25, 0.3) is 22.3 Å². The minimum atomic E-state index is -0.0430. The highest BCUT2D eigenvalue weighted by Crippen LogP contribution is 2.35. The molecule has 1 amide bonds. The summed E-state index contributed by atoms with van der Waals surface area (Å²) >= 11 is 0. The number of carbonyl (C=O) groups is 1. The molecule has 1 unspecified atom stereocenters. The van der Waals surface area contributed by atoms with Crippen LogP contribution in [0.1, 0.15) is 18.9 Å². The van der Waals surface area contributed by atoms with Gasteiger partial charge in [-0.1, -0.05) is 30.3 Å². The Hall–Kier alpha value is -5.25. The Morgan fingerprint density at radius 2 is 1.81 bits per heavy atom. The molecule has 0 spiro atoms. The number of hydrogen-bond donors (Lipinski definition) is 1. The van der Waals surface area contributed by atoms with Crippen LogP contribution in [-0.4, -0.2) is 62.2 Å². The highest BCUT2D eigenvalue weighted by molar-refractivity contribution is 5.98. The number of nitrogen functional groups attached to an aromatic ring is 1. The molecule has 1 atom stereocenters. The molecule has 1 aliphatic heterocycles. The van der Waals surface area contributed by atoms with Gasteiger partial charge >= 0.3 is 0 Å². The first kappa shape index (κ1) is 26.9. The number of hydrogen-bond acceptors (Lipinski definition) is 8. The van der Waals surface area contributed by atoms with Gasteiger partial charge in [0.25, 0.3) is 0 Å². The number of nitrogens with two attached hydrogens (primary N) is 1. The number of ether oxygens (including phenoxy) is 1. The van der Waals surface area contributed by atoms with E-state index in [1.807, 2.05) is 100 Å². The van der Waals surface area contributed by atoms with E-state index in [0.29, 0.717) is 42.2 Å². The molecule has 4 heterocycles. The van der Waals surface area contributed by atoms with Crippen molar-refractivity contribution in [3.8, 4) is 22.8 Å². The van der Waals surface area contributed by atoms with Crippen molar-refractivity contribution in [2.45, 2.75) is 18.9 Å². The van der Waals surface area contributed by atoms with Crippen LogP contribution in [0.3, 0.4) is 0 Å². The van der Waals surface area contributed by atoms with Gasteiger partial charge in [-0.05, 0) is 61.4 Å². The van der Waals surface area contributed by atoms with Gasteiger partial charge in [0.1, 0.15) is 35.2 Å². The fourth-order valence-corrected chi connectivity index (χ4v) is 5.20. The van der Waals surface area contributed by atoms with Gasteiger partial charge in [-0.25, -0.2) is 19.6 Å². The highest BCUT2D eigenvalue weighted by Gasteiger charge is 2.28. The molecule has 2 aromatic carbocycles. The number of pyridine rings is 1. The van der Waals surface area contributed by atoms with Crippen LogP contribution in [-0.2, 0) is 4.79 Å². The summed E-state index contributed by atoms with van der Waals surface area (Å²) in [6.07, 6.45) is 8.48. The van der Waals surface area contributed by atoms with Gasteiger partial charge in [-0.15, -0.1) is 0 Å². The lowest BCUT2D eigenvalue weighted by atomic mass is 10.1. The number of likely N-dealkylation sites (N-methyl/N-ethyl adjacent to an activating group) is 1. The van der Waals surface area contributed by atoms with Crippen LogP contribution in [0, 0.1) is 0 Å². The maximum Gasteiger partial charge on any atom is 0.246 e. The maximum atomic E-state index is 13.1. The fourth-order valence-electron chi connectivity index (χ4n) is 5.20. The largest absolute Gasteiger partial charge is 0.457 e. The van der Waals surface area contributed by atoms with E-state index in [9.17, 15) is 4.79 Å². The molecule has 1 fully saturated rings. The normalized spacial score (nSPS) is 15.3. The van der Waals surface area contributed by atoms with E-state index >= 15 is 0 Å². The molecule has 5 aromatic rings. The summed E-state index contributed by atoms with van der Waals surface area (Å²) in [6, 6.07) is 23.1. The minimum Gasteiger partial charge on any atom is -0.457 e. The van der Waals surface area contributed by atoms with Crippen molar-refractivity contribution in [3.05, 3.63) is 97.5 Å². The maximum absolute atomic E-state index is 13.1. The van der Waals surface area contributed by atoms with Gasteiger partial charge in [-0.3, -0.25) is 4.79 Å². The molecule has 6 rings (SSSR count). The third-order valence-electron chi connectivity index (χ3n) is 7.36.